The van der Waals surface area contributed by atoms with Crippen LogP contribution in [-0.2, 0) is 6.54 Å². The molecule has 0 unspecified atom stereocenters. The lowest BCUT2D eigenvalue weighted by atomic mass is 10.1. The zero-order valence-corrected chi connectivity index (χ0v) is 15.1. The Morgan fingerprint density at radius 1 is 1.00 bits per heavy atom. The second-order valence-electron chi connectivity index (χ2n) is 6.71. The monoisotopic (exact) mass is 383 g/mol. The van der Waals surface area contributed by atoms with Gasteiger partial charge in [-0.3, -0.25) is 4.79 Å². The Bertz CT molecular complexity index is 948. The van der Waals surface area contributed by atoms with Gasteiger partial charge in [-0.2, -0.15) is 0 Å². The molecule has 1 fully saturated rings. The molecule has 1 saturated heterocycles. The summed E-state index contributed by atoms with van der Waals surface area (Å²) < 4.78 is 28.6. The second-order valence-corrected chi connectivity index (χ2v) is 6.71. The van der Waals surface area contributed by atoms with Crippen molar-refractivity contribution in [1.82, 2.24) is 19.9 Å². The van der Waals surface area contributed by atoms with Crippen LogP contribution in [0.2, 0.25) is 0 Å². The summed E-state index contributed by atoms with van der Waals surface area (Å²) in [5.41, 5.74) is 2.08. The topological polar surface area (TPSA) is 54.3 Å². The summed E-state index contributed by atoms with van der Waals surface area (Å²) in [6.07, 6.45) is 3.38. The Labute approximate surface area is 161 Å². The molecule has 144 valence electrons. The van der Waals surface area contributed by atoms with Crippen molar-refractivity contribution in [3.05, 3.63) is 77.6 Å². The molecule has 1 amide bonds. The van der Waals surface area contributed by atoms with E-state index < -0.39 is 11.6 Å². The van der Waals surface area contributed by atoms with E-state index in [1.807, 2.05) is 23.1 Å². The number of hydrogen-bond acceptors (Lipinski definition) is 4. The highest BCUT2D eigenvalue weighted by atomic mass is 19.1. The number of benzene rings is 2. The largest absolute Gasteiger partial charge is 0.368 e. The van der Waals surface area contributed by atoms with Crippen molar-refractivity contribution >= 4 is 11.6 Å². The molecule has 0 N–H and O–H groups in total. The number of carbonyl (C=O) groups excluding carboxylic acids is 1. The fraction of sp³-hybridized carbons (Fsp3) is 0.250. The SMILES string of the molecule is O=C(c1cccc(Cn2ccnn2)c1)N1CCN(c2cc(F)cc(F)c2)CC1. The number of anilines is 1. The van der Waals surface area contributed by atoms with Gasteiger partial charge in [-0.1, -0.05) is 17.3 Å². The summed E-state index contributed by atoms with van der Waals surface area (Å²) >= 11 is 0. The van der Waals surface area contributed by atoms with Crippen molar-refractivity contribution in [2.75, 3.05) is 31.1 Å². The van der Waals surface area contributed by atoms with E-state index in [0.29, 0.717) is 44.0 Å². The first-order valence-electron chi connectivity index (χ1n) is 9.02. The number of amides is 1. The number of halogens is 2. The van der Waals surface area contributed by atoms with Crippen molar-refractivity contribution in [2.24, 2.45) is 0 Å². The average Bonchev–Trinajstić information content (AvgIpc) is 3.20. The predicted molar refractivity (Wildman–Crippen MR) is 100 cm³/mol. The van der Waals surface area contributed by atoms with E-state index in [1.165, 1.54) is 12.1 Å². The number of piperazine rings is 1. The highest BCUT2D eigenvalue weighted by Crippen LogP contribution is 2.20. The Morgan fingerprint density at radius 2 is 1.75 bits per heavy atom. The number of hydrogen-bond donors (Lipinski definition) is 0. The molecule has 0 bridgehead atoms. The minimum atomic E-state index is -0.599. The molecule has 3 aromatic rings. The molecule has 0 saturated carbocycles. The molecular weight excluding hydrogens is 364 g/mol. The molecule has 4 rings (SSSR count). The lowest BCUT2D eigenvalue weighted by Gasteiger charge is -2.36. The van der Waals surface area contributed by atoms with Crippen LogP contribution in [0.3, 0.4) is 0 Å². The van der Waals surface area contributed by atoms with E-state index in [0.717, 1.165) is 11.6 Å². The Kier molecular flexibility index (Phi) is 5.01. The molecule has 0 radical (unpaired) electrons. The van der Waals surface area contributed by atoms with Crippen LogP contribution < -0.4 is 4.90 Å². The number of aromatic nitrogens is 3. The van der Waals surface area contributed by atoms with Crippen LogP contribution in [0.1, 0.15) is 15.9 Å². The number of rotatable bonds is 4. The third-order valence-corrected chi connectivity index (χ3v) is 4.77. The van der Waals surface area contributed by atoms with Gasteiger partial charge in [-0.25, -0.2) is 13.5 Å². The first kappa shape index (κ1) is 18.1. The van der Waals surface area contributed by atoms with Crippen LogP contribution >= 0.6 is 0 Å². The fourth-order valence-electron chi connectivity index (χ4n) is 3.38. The summed E-state index contributed by atoms with van der Waals surface area (Å²) in [6, 6.07) is 10.9. The van der Waals surface area contributed by atoms with E-state index in [4.69, 9.17) is 0 Å². The zero-order chi connectivity index (χ0) is 19.5. The maximum absolute atomic E-state index is 13.4. The molecule has 0 aliphatic carbocycles. The summed E-state index contributed by atoms with van der Waals surface area (Å²) in [6.45, 7) is 2.56. The second kappa shape index (κ2) is 7.75. The van der Waals surface area contributed by atoms with Gasteiger partial charge in [0, 0.05) is 49.7 Å². The average molecular weight is 383 g/mol. The minimum absolute atomic E-state index is 0.0505. The Balaban J connectivity index is 1.41. The van der Waals surface area contributed by atoms with E-state index in [2.05, 4.69) is 10.3 Å². The van der Waals surface area contributed by atoms with Gasteiger partial charge in [0.2, 0.25) is 0 Å². The Morgan fingerprint density at radius 3 is 2.43 bits per heavy atom. The maximum Gasteiger partial charge on any atom is 0.253 e. The fourth-order valence-corrected chi connectivity index (χ4v) is 3.38. The van der Waals surface area contributed by atoms with Gasteiger partial charge in [0.25, 0.3) is 5.91 Å². The van der Waals surface area contributed by atoms with E-state index in [-0.39, 0.29) is 5.91 Å². The first-order chi connectivity index (χ1) is 13.6. The van der Waals surface area contributed by atoms with Crippen LogP contribution in [0.15, 0.2) is 54.9 Å². The molecule has 1 aliphatic rings. The summed E-state index contributed by atoms with van der Waals surface area (Å²) in [5, 5.41) is 7.72. The number of nitrogens with zero attached hydrogens (tertiary/aromatic N) is 5. The van der Waals surface area contributed by atoms with Gasteiger partial charge in [0.15, 0.2) is 0 Å². The van der Waals surface area contributed by atoms with Gasteiger partial charge < -0.3 is 9.80 Å². The molecule has 2 heterocycles. The lowest BCUT2D eigenvalue weighted by molar-refractivity contribution is 0.0746. The first-order valence-corrected chi connectivity index (χ1v) is 9.02. The predicted octanol–water partition coefficient (Wildman–Crippen LogP) is 2.57. The van der Waals surface area contributed by atoms with Crippen molar-refractivity contribution < 1.29 is 13.6 Å². The highest BCUT2D eigenvalue weighted by molar-refractivity contribution is 5.94. The van der Waals surface area contributed by atoms with Gasteiger partial charge in [-0.05, 0) is 29.8 Å². The normalized spacial score (nSPS) is 14.4. The third-order valence-electron chi connectivity index (χ3n) is 4.77. The molecule has 28 heavy (non-hydrogen) atoms. The van der Waals surface area contributed by atoms with Crippen molar-refractivity contribution in [2.45, 2.75) is 6.54 Å². The molecule has 0 atom stereocenters. The summed E-state index contributed by atoms with van der Waals surface area (Å²) in [7, 11) is 0. The van der Waals surface area contributed by atoms with E-state index >= 15 is 0 Å². The smallest absolute Gasteiger partial charge is 0.253 e. The summed E-state index contributed by atoms with van der Waals surface area (Å²) in [4.78, 5) is 16.5. The molecule has 8 heteroatoms. The van der Waals surface area contributed by atoms with Crippen LogP contribution in [0, 0.1) is 11.6 Å². The standard InChI is InChI=1S/C20H19F2N5O/c21-17-11-18(22)13-19(12-17)25-6-8-26(9-7-25)20(28)16-3-1-2-15(10-16)14-27-5-4-23-24-27/h1-5,10-13H,6-9,14H2. The van der Waals surface area contributed by atoms with Gasteiger partial charge in [0.05, 0.1) is 12.7 Å². The highest BCUT2D eigenvalue weighted by Gasteiger charge is 2.23. The minimum Gasteiger partial charge on any atom is -0.368 e. The van der Waals surface area contributed by atoms with Crippen LogP contribution in [0.5, 0.6) is 0 Å². The molecule has 2 aromatic carbocycles. The van der Waals surface area contributed by atoms with Crippen molar-refractivity contribution in [3.8, 4) is 0 Å². The molecule has 1 aliphatic heterocycles. The van der Waals surface area contributed by atoms with Crippen LogP contribution in [-0.4, -0.2) is 52.0 Å². The Hall–Kier alpha value is -3.29. The van der Waals surface area contributed by atoms with Crippen LogP contribution in [0.4, 0.5) is 14.5 Å². The lowest BCUT2D eigenvalue weighted by Crippen LogP contribution is -2.48. The van der Waals surface area contributed by atoms with Gasteiger partial charge >= 0.3 is 0 Å². The van der Waals surface area contributed by atoms with E-state index in [9.17, 15) is 13.6 Å². The molecule has 1 aromatic heterocycles. The summed E-state index contributed by atoms with van der Waals surface area (Å²) in [5.74, 6) is -1.25. The van der Waals surface area contributed by atoms with Crippen molar-refractivity contribution in [3.63, 3.8) is 0 Å². The molecule has 6 nitrogen and oxygen atoms in total. The maximum atomic E-state index is 13.4. The number of carbonyl (C=O) groups is 1. The zero-order valence-electron chi connectivity index (χ0n) is 15.1. The quantitative estimate of drug-likeness (QED) is 0.695. The third kappa shape index (κ3) is 4.00. The van der Waals surface area contributed by atoms with E-state index in [1.54, 1.807) is 28.0 Å². The molecular formula is C20H19F2N5O. The van der Waals surface area contributed by atoms with Gasteiger partial charge in [0.1, 0.15) is 11.6 Å². The molecule has 0 spiro atoms. The van der Waals surface area contributed by atoms with Crippen LogP contribution in [0.25, 0.3) is 0 Å². The van der Waals surface area contributed by atoms with Gasteiger partial charge in [-0.15, -0.1) is 5.10 Å². The van der Waals surface area contributed by atoms with Crippen molar-refractivity contribution in [1.29, 1.82) is 0 Å².